The molecule has 0 aromatic rings. The number of rotatable bonds is 6. The van der Waals surface area contributed by atoms with Gasteiger partial charge >= 0.3 is 12.0 Å². The summed E-state index contributed by atoms with van der Waals surface area (Å²) in [6.45, 7) is 0.311. The first-order valence-electron chi connectivity index (χ1n) is 6.23. The van der Waals surface area contributed by atoms with Gasteiger partial charge < -0.3 is 26.8 Å². The normalized spacial score (nSPS) is 19.6. The maximum absolute atomic E-state index is 11.6. The number of aliphatic carboxylic acids is 1. The molecule has 1 aliphatic heterocycles. The number of carbonyl (C=O) groups is 4. The number of amides is 4. The summed E-state index contributed by atoms with van der Waals surface area (Å²) in [5, 5.41) is 16.3. The zero-order valence-corrected chi connectivity index (χ0v) is 10.8. The second-order valence-electron chi connectivity index (χ2n) is 4.55. The second-order valence-corrected chi connectivity index (χ2v) is 4.55. The summed E-state index contributed by atoms with van der Waals surface area (Å²) < 4.78 is 0. The van der Waals surface area contributed by atoms with Crippen LogP contribution in [0.15, 0.2) is 0 Å². The first-order chi connectivity index (χ1) is 9.38. The van der Waals surface area contributed by atoms with Gasteiger partial charge in [0, 0.05) is 25.4 Å². The Labute approximate surface area is 115 Å². The van der Waals surface area contributed by atoms with Crippen LogP contribution in [0.5, 0.6) is 0 Å². The fraction of sp³-hybridized carbons (Fsp3) is 0.636. The molecule has 0 radical (unpaired) electrons. The number of hydrogen-bond acceptors (Lipinski definition) is 4. The van der Waals surface area contributed by atoms with Gasteiger partial charge in [0.1, 0.15) is 6.04 Å². The van der Waals surface area contributed by atoms with Crippen molar-refractivity contribution in [3.8, 4) is 0 Å². The highest BCUT2D eigenvalue weighted by Crippen LogP contribution is 2.03. The summed E-state index contributed by atoms with van der Waals surface area (Å²) in [4.78, 5) is 44.1. The van der Waals surface area contributed by atoms with E-state index >= 15 is 0 Å². The van der Waals surface area contributed by atoms with Crippen molar-refractivity contribution in [3.05, 3.63) is 0 Å². The summed E-state index contributed by atoms with van der Waals surface area (Å²) in [6.07, 6.45) is 0.615. The molecule has 1 fully saturated rings. The summed E-state index contributed by atoms with van der Waals surface area (Å²) in [6, 6.07) is -2.07. The minimum atomic E-state index is -1.24. The molecule has 1 aliphatic rings. The lowest BCUT2D eigenvalue weighted by Crippen LogP contribution is -2.53. The number of piperidine rings is 1. The molecular formula is C11H18N4O5. The van der Waals surface area contributed by atoms with Crippen molar-refractivity contribution in [3.63, 3.8) is 0 Å². The fourth-order valence-corrected chi connectivity index (χ4v) is 1.79. The van der Waals surface area contributed by atoms with Crippen LogP contribution in [0.25, 0.3) is 0 Å². The average molecular weight is 286 g/mol. The number of carbonyl (C=O) groups excluding carboxylic acids is 3. The zero-order chi connectivity index (χ0) is 15.1. The minimum Gasteiger partial charge on any atom is -0.480 e. The van der Waals surface area contributed by atoms with Crippen LogP contribution >= 0.6 is 0 Å². The van der Waals surface area contributed by atoms with E-state index in [2.05, 4.69) is 16.0 Å². The Balaban J connectivity index is 2.39. The maximum Gasteiger partial charge on any atom is 0.326 e. The first kappa shape index (κ1) is 15.7. The van der Waals surface area contributed by atoms with Gasteiger partial charge in [-0.05, 0) is 12.8 Å². The molecule has 6 N–H and O–H groups in total. The Morgan fingerprint density at radius 1 is 1.45 bits per heavy atom. The molecule has 0 bridgehead atoms. The van der Waals surface area contributed by atoms with Gasteiger partial charge in [0.15, 0.2) is 0 Å². The molecule has 0 aliphatic carbocycles. The molecule has 112 valence electrons. The molecule has 0 spiro atoms. The minimum absolute atomic E-state index is 0.0700. The third-order valence-electron chi connectivity index (χ3n) is 2.88. The lowest BCUT2D eigenvalue weighted by molar-refractivity contribution is -0.139. The smallest absolute Gasteiger partial charge is 0.326 e. The molecule has 9 nitrogen and oxygen atoms in total. The monoisotopic (exact) mass is 286 g/mol. The quantitative estimate of drug-likeness (QED) is 0.393. The Morgan fingerprint density at radius 3 is 2.65 bits per heavy atom. The van der Waals surface area contributed by atoms with Crippen molar-refractivity contribution < 1.29 is 24.3 Å². The van der Waals surface area contributed by atoms with E-state index in [1.165, 1.54) is 0 Å². The van der Waals surface area contributed by atoms with Crippen LogP contribution in [0.1, 0.15) is 25.7 Å². The molecule has 20 heavy (non-hydrogen) atoms. The Hall–Kier alpha value is -2.32. The van der Waals surface area contributed by atoms with Crippen molar-refractivity contribution in [1.29, 1.82) is 0 Å². The predicted molar refractivity (Wildman–Crippen MR) is 67.6 cm³/mol. The molecule has 0 saturated carbocycles. The predicted octanol–water partition coefficient (Wildman–Crippen LogP) is -1.72. The van der Waals surface area contributed by atoms with Gasteiger partial charge in [0.05, 0.1) is 0 Å². The molecule has 9 heteroatoms. The van der Waals surface area contributed by atoms with Gasteiger partial charge in [-0.3, -0.25) is 9.59 Å². The number of carboxylic acids is 1. The van der Waals surface area contributed by atoms with E-state index in [0.717, 1.165) is 0 Å². The van der Waals surface area contributed by atoms with Crippen LogP contribution in [0.4, 0.5) is 4.79 Å². The Kier molecular flexibility index (Phi) is 5.75. The molecule has 0 aromatic carbocycles. The molecule has 1 rings (SSSR count). The van der Waals surface area contributed by atoms with E-state index < -0.39 is 23.9 Å². The standard InChI is InChI=1S/C11H18N4O5/c12-8(16)3-2-7(10(18)19)15-11(20)14-6-1-4-9(17)13-5-6/h6-7H,1-5H2,(H2,12,16)(H,13,17)(H,18,19)(H2,14,15,20)/t6?,7-/m0/s1. The first-order valence-corrected chi connectivity index (χ1v) is 6.23. The Bertz CT molecular complexity index is 402. The number of hydrogen-bond donors (Lipinski definition) is 5. The van der Waals surface area contributed by atoms with E-state index in [-0.39, 0.29) is 24.8 Å². The molecular weight excluding hydrogens is 268 g/mol. The highest BCUT2D eigenvalue weighted by atomic mass is 16.4. The van der Waals surface area contributed by atoms with Crippen molar-refractivity contribution in [2.45, 2.75) is 37.8 Å². The third kappa shape index (κ3) is 5.55. The number of urea groups is 1. The van der Waals surface area contributed by atoms with Crippen molar-refractivity contribution in [1.82, 2.24) is 16.0 Å². The van der Waals surface area contributed by atoms with Crippen LogP contribution in [0.3, 0.4) is 0 Å². The molecule has 1 heterocycles. The Morgan fingerprint density at radius 2 is 2.15 bits per heavy atom. The van der Waals surface area contributed by atoms with Crippen molar-refractivity contribution in [2.24, 2.45) is 5.73 Å². The molecule has 4 amide bonds. The number of carboxylic acid groups (broad SMARTS) is 1. The summed E-state index contributed by atoms with van der Waals surface area (Å²) >= 11 is 0. The van der Waals surface area contributed by atoms with Gasteiger partial charge in [-0.1, -0.05) is 0 Å². The lowest BCUT2D eigenvalue weighted by atomic mass is 10.1. The third-order valence-corrected chi connectivity index (χ3v) is 2.88. The summed E-state index contributed by atoms with van der Waals surface area (Å²) in [5.74, 6) is -1.94. The SMILES string of the molecule is NC(=O)CC[C@H](NC(=O)NC1CCC(=O)NC1)C(=O)O. The fourth-order valence-electron chi connectivity index (χ4n) is 1.79. The van der Waals surface area contributed by atoms with Crippen LogP contribution in [-0.2, 0) is 14.4 Å². The average Bonchev–Trinajstić information content (AvgIpc) is 2.36. The van der Waals surface area contributed by atoms with Crippen LogP contribution < -0.4 is 21.7 Å². The van der Waals surface area contributed by atoms with E-state index in [1.54, 1.807) is 0 Å². The van der Waals surface area contributed by atoms with Gasteiger partial charge in [0.2, 0.25) is 11.8 Å². The second kappa shape index (κ2) is 7.31. The molecule has 2 atom stereocenters. The lowest BCUT2D eigenvalue weighted by Gasteiger charge is -2.24. The van der Waals surface area contributed by atoms with Crippen LogP contribution in [0, 0.1) is 0 Å². The summed E-state index contributed by atoms with van der Waals surface area (Å²) in [5.41, 5.74) is 4.93. The van der Waals surface area contributed by atoms with E-state index in [1.807, 2.05) is 0 Å². The van der Waals surface area contributed by atoms with E-state index in [4.69, 9.17) is 10.8 Å². The van der Waals surface area contributed by atoms with Gasteiger partial charge in [0.25, 0.3) is 0 Å². The zero-order valence-electron chi connectivity index (χ0n) is 10.8. The number of primary amides is 1. The van der Waals surface area contributed by atoms with E-state index in [9.17, 15) is 19.2 Å². The molecule has 0 aromatic heterocycles. The molecule has 1 unspecified atom stereocenters. The van der Waals surface area contributed by atoms with Crippen molar-refractivity contribution in [2.75, 3.05) is 6.54 Å². The number of nitrogens with two attached hydrogens (primary N) is 1. The maximum atomic E-state index is 11.6. The van der Waals surface area contributed by atoms with Gasteiger partial charge in [-0.2, -0.15) is 0 Å². The number of nitrogens with one attached hydrogen (secondary N) is 3. The van der Waals surface area contributed by atoms with E-state index in [0.29, 0.717) is 19.4 Å². The summed E-state index contributed by atoms with van der Waals surface area (Å²) in [7, 11) is 0. The largest absolute Gasteiger partial charge is 0.480 e. The van der Waals surface area contributed by atoms with Crippen molar-refractivity contribution >= 4 is 23.8 Å². The van der Waals surface area contributed by atoms with Gasteiger partial charge in [-0.15, -0.1) is 0 Å². The molecule has 1 saturated heterocycles. The van der Waals surface area contributed by atoms with Crippen LogP contribution in [0.2, 0.25) is 0 Å². The van der Waals surface area contributed by atoms with Crippen LogP contribution in [-0.4, -0.2) is 47.5 Å². The van der Waals surface area contributed by atoms with Gasteiger partial charge in [-0.25, -0.2) is 9.59 Å². The highest BCUT2D eigenvalue weighted by molar-refractivity contribution is 5.84. The highest BCUT2D eigenvalue weighted by Gasteiger charge is 2.23. The topological polar surface area (TPSA) is 151 Å².